The van der Waals surface area contributed by atoms with Gasteiger partial charge >= 0.3 is 12.1 Å². The molecule has 29 heavy (non-hydrogen) atoms. The Morgan fingerprint density at radius 2 is 2.10 bits per heavy atom. The highest BCUT2D eigenvalue weighted by Crippen LogP contribution is 2.38. The number of fused-ring (bicyclic) bond motifs is 1. The number of anilines is 1. The molecular weight excluding hydrogens is 412 g/mol. The van der Waals surface area contributed by atoms with E-state index in [-0.39, 0.29) is 12.0 Å². The first kappa shape index (κ1) is 21.2. The second-order valence-electron chi connectivity index (χ2n) is 6.26. The molecule has 0 saturated heterocycles. The van der Waals surface area contributed by atoms with E-state index in [4.69, 9.17) is 9.47 Å². The molecule has 0 fully saturated rings. The minimum atomic E-state index is -0.500. The number of hydrogen-bond acceptors (Lipinski definition) is 7. The van der Waals surface area contributed by atoms with E-state index in [0.717, 1.165) is 15.3 Å². The third kappa shape index (κ3) is 4.56. The van der Waals surface area contributed by atoms with E-state index in [1.54, 1.807) is 35.7 Å². The molecule has 1 aromatic carbocycles. The molecule has 0 aliphatic carbocycles. The van der Waals surface area contributed by atoms with Crippen molar-refractivity contribution in [3.05, 3.63) is 45.8 Å². The molecule has 2 amide bonds. The number of ether oxygens (including phenoxy) is 2. The van der Waals surface area contributed by atoms with Crippen molar-refractivity contribution in [2.45, 2.75) is 24.8 Å². The number of esters is 1. The fourth-order valence-electron chi connectivity index (χ4n) is 3.12. The third-order valence-corrected chi connectivity index (χ3v) is 6.39. The van der Waals surface area contributed by atoms with Crippen LogP contribution in [0.2, 0.25) is 0 Å². The lowest BCUT2D eigenvalue weighted by molar-refractivity contribution is 0.0600. The molecule has 0 atom stereocenters. The van der Waals surface area contributed by atoms with Crippen molar-refractivity contribution in [2.24, 2.45) is 0 Å². The lowest BCUT2D eigenvalue weighted by Crippen LogP contribution is -2.36. The number of amides is 2. The summed E-state index contributed by atoms with van der Waals surface area (Å²) < 4.78 is 10.0. The Balaban J connectivity index is 1.89. The van der Waals surface area contributed by atoms with Gasteiger partial charge in [-0.05, 0) is 43.4 Å². The average Bonchev–Trinajstić information content (AvgIpc) is 3.10. The van der Waals surface area contributed by atoms with Gasteiger partial charge in [0.2, 0.25) is 0 Å². The summed E-state index contributed by atoms with van der Waals surface area (Å²) in [5.41, 5.74) is 1.69. The van der Waals surface area contributed by atoms with Crippen molar-refractivity contribution < 1.29 is 23.9 Å². The molecule has 1 aliphatic rings. The average molecular weight is 435 g/mol. The molecular formula is C20H22N2O5S2. The maximum Gasteiger partial charge on any atom is 0.410 e. The van der Waals surface area contributed by atoms with Gasteiger partial charge in [-0.1, -0.05) is 6.07 Å². The Morgan fingerprint density at radius 1 is 1.31 bits per heavy atom. The maximum absolute atomic E-state index is 12.8. The highest BCUT2D eigenvalue weighted by molar-refractivity contribution is 7.98. The number of hydrogen-bond donors (Lipinski definition) is 1. The number of carbonyl (C=O) groups excluding carboxylic acids is 3. The molecule has 0 unspecified atom stereocenters. The molecule has 154 valence electrons. The van der Waals surface area contributed by atoms with Crippen LogP contribution in [-0.2, 0) is 22.4 Å². The quantitative estimate of drug-likeness (QED) is 0.565. The number of benzene rings is 1. The van der Waals surface area contributed by atoms with Gasteiger partial charge in [0.15, 0.2) is 0 Å². The first-order valence-electron chi connectivity index (χ1n) is 9.08. The Morgan fingerprint density at radius 3 is 2.79 bits per heavy atom. The molecule has 7 nitrogen and oxygen atoms in total. The Hall–Kier alpha value is -2.52. The predicted molar refractivity (Wildman–Crippen MR) is 113 cm³/mol. The van der Waals surface area contributed by atoms with E-state index in [1.807, 2.05) is 18.4 Å². The molecule has 0 radical (unpaired) electrons. The van der Waals surface area contributed by atoms with Gasteiger partial charge in [0.1, 0.15) is 5.00 Å². The van der Waals surface area contributed by atoms with Crippen molar-refractivity contribution in [1.82, 2.24) is 4.90 Å². The van der Waals surface area contributed by atoms with Gasteiger partial charge in [0.25, 0.3) is 5.91 Å². The minimum absolute atomic E-state index is 0.299. The van der Waals surface area contributed by atoms with Crippen LogP contribution in [0.15, 0.2) is 29.2 Å². The molecule has 1 aromatic heterocycles. The number of nitrogens with one attached hydrogen (secondary N) is 1. The summed E-state index contributed by atoms with van der Waals surface area (Å²) in [6, 6.07) is 7.27. The summed E-state index contributed by atoms with van der Waals surface area (Å²) >= 11 is 2.84. The number of carbonyl (C=O) groups is 3. The summed E-state index contributed by atoms with van der Waals surface area (Å²) in [5, 5.41) is 3.29. The Bertz CT molecular complexity index is 941. The number of methoxy groups -OCH3 is 1. The smallest absolute Gasteiger partial charge is 0.410 e. The number of rotatable bonds is 5. The van der Waals surface area contributed by atoms with E-state index in [9.17, 15) is 14.4 Å². The largest absolute Gasteiger partial charge is 0.465 e. The van der Waals surface area contributed by atoms with E-state index >= 15 is 0 Å². The van der Waals surface area contributed by atoms with Crippen LogP contribution in [0, 0.1) is 0 Å². The lowest BCUT2D eigenvalue weighted by atomic mass is 10.0. The van der Waals surface area contributed by atoms with Gasteiger partial charge in [-0.3, -0.25) is 4.79 Å². The molecule has 2 heterocycles. The Labute approximate surface area is 177 Å². The molecule has 1 aliphatic heterocycles. The number of thioether (sulfide) groups is 1. The van der Waals surface area contributed by atoms with E-state index in [0.29, 0.717) is 42.2 Å². The van der Waals surface area contributed by atoms with Gasteiger partial charge in [-0.15, -0.1) is 23.1 Å². The van der Waals surface area contributed by atoms with E-state index in [2.05, 4.69) is 5.32 Å². The summed E-state index contributed by atoms with van der Waals surface area (Å²) in [5.74, 6) is -0.799. The summed E-state index contributed by atoms with van der Waals surface area (Å²) in [6.07, 6.45) is 2.05. The standard InChI is InChI=1S/C20H22N2O5S2/c1-4-27-20(25)22-9-8-14-15(11-22)29-18(16(14)19(24)26-2)21-17(23)12-6-5-7-13(10-12)28-3/h5-7,10H,4,8-9,11H2,1-3H3,(H,21,23). The fraction of sp³-hybridized carbons (Fsp3) is 0.350. The third-order valence-electron chi connectivity index (χ3n) is 4.53. The van der Waals surface area contributed by atoms with E-state index in [1.165, 1.54) is 18.4 Å². The topological polar surface area (TPSA) is 84.9 Å². The van der Waals surface area contributed by atoms with Crippen LogP contribution in [0.3, 0.4) is 0 Å². The van der Waals surface area contributed by atoms with Gasteiger partial charge in [-0.2, -0.15) is 0 Å². The van der Waals surface area contributed by atoms with Crippen LogP contribution in [0.1, 0.15) is 38.1 Å². The van der Waals surface area contributed by atoms with Crippen LogP contribution < -0.4 is 5.32 Å². The summed E-state index contributed by atoms with van der Waals surface area (Å²) in [4.78, 5) is 40.7. The molecule has 2 aromatic rings. The van der Waals surface area contributed by atoms with Crippen LogP contribution in [-0.4, -0.2) is 49.4 Å². The van der Waals surface area contributed by atoms with Crippen LogP contribution in [0.5, 0.6) is 0 Å². The van der Waals surface area contributed by atoms with Crippen molar-refractivity contribution in [3.63, 3.8) is 0 Å². The highest BCUT2D eigenvalue weighted by atomic mass is 32.2. The van der Waals surface area contributed by atoms with Gasteiger partial charge < -0.3 is 19.7 Å². The zero-order chi connectivity index (χ0) is 21.0. The van der Waals surface area contributed by atoms with Crippen LogP contribution in [0.25, 0.3) is 0 Å². The summed E-state index contributed by atoms with van der Waals surface area (Å²) in [7, 11) is 1.31. The fourth-order valence-corrected chi connectivity index (χ4v) is 4.83. The number of thiophene rings is 1. The van der Waals surface area contributed by atoms with Gasteiger partial charge in [0.05, 0.1) is 25.8 Å². The first-order valence-corrected chi connectivity index (χ1v) is 11.1. The van der Waals surface area contributed by atoms with Crippen LogP contribution in [0.4, 0.5) is 9.80 Å². The first-order chi connectivity index (χ1) is 14.0. The Kier molecular flexibility index (Phi) is 6.81. The van der Waals surface area contributed by atoms with Gasteiger partial charge in [0, 0.05) is 21.9 Å². The molecule has 9 heteroatoms. The van der Waals surface area contributed by atoms with Crippen molar-refractivity contribution in [2.75, 3.05) is 31.8 Å². The van der Waals surface area contributed by atoms with E-state index < -0.39 is 5.97 Å². The monoisotopic (exact) mass is 434 g/mol. The molecule has 0 saturated carbocycles. The van der Waals surface area contributed by atoms with Crippen molar-refractivity contribution in [1.29, 1.82) is 0 Å². The SMILES string of the molecule is CCOC(=O)N1CCc2c(sc(NC(=O)c3cccc(SC)c3)c2C(=O)OC)C1. The highest BCUT2D eigenvalue weighted by Gasteiger charge is 2.31. The second kappa shape index (κ2) is 9.32. The zero-order valence-electron chi connectivity index (χ0n) is 16.4. The van der Waals surface area contributed by atoms with Crippen molar-refractivity contribution in [3.8, 4) is 0 Å². The molecule has 1 N–H and O–H groups in total. The summed E-state index contributed by atoms with van der Waals surface area (Å²) in [6.45, 7) is 2.83. The molecule has 0 spiro atoms. The maximum atomic E-state index is 12.8. The zero-order valence-corrected chi connectivity index (χ0v) is 18.1. The second-order valence-corrected chi connectivity index (χ2v) is 8.24. The molecule has 0 bridgehead atoms. The predicted octanol–water partition coefficient (Wildman–Crippen LogP) is 4.02. The van der Waals surface area contributed by atoms with Crippen molar-refractivity contribution >= 4 is 46.1 Å². The van der Waals surface area contributed by atoms with Gasteiger partial charge in [-0.25, -0.2) is 9.59 Å². The normalized spacial score (nSPS) is 12.9. The minimum Gasteiger partial charge on any atom is -0.465 e. The number of nitrogens with zero attached hydrogens (tertiary/aromatic N) is 1. The molecule has 3 rings (SSSR count). The van der Waals surface area contributed by atoms with Crippen LogP contribution >= 0.6 is 23.1 Å². The lowest BCUT2D eigenvalue weighted by Gasteiger charge is -2.26.